The van der Waals surface area contributed by atoms with Crippen molar-refractivity contribution in [3.63, 3.8) is 0 Å². The van der Waals surface area contributed by atoms with Gasteiger partial charge in [-0.2, -0.15) is 0 Å². The summed E-state index contributed by atoms with van der Waals surface area (Å²) in [5.74, 6) is -1.86. The molecule has 0 unspecified atom stereocenters. The van der Waals surface area contributed by atoms with E-state index in [0.717, 1.165) is 0 Å². The molecule has 0 aliphatic heterocycles. The van der Waals surface area contributed by atoms with Gasteiger partial charge in [0.2, 0.25) is 0 Å². The molecule has 2 amide bonds. The number of carbonyl (C=O) groups excluding carboxylic acids is 3. The van der Waals surface area contributed by atoms with Gasteiger partial charge in [0.1, 0.15) is 0 Å². The Bertz CT molecular complexity index is 192. The van der Waals surface area contributed by atoms with E-state index in [1.54, 1.807) is 0 Å². The van der Waals surface area contributed by atoms with Crippen LogP contribution in [0.4, 0.5) is 0 Å². The molecular weight excluding hydrogens is 209 g/mol. The Hall–Kier alpha value is -0.847. The van der Waals surface area contributed by atoms with Gasteiger partial charge in [-0.05, 0) is 0 Å². The zero-order valence-electron chi connectivity index (χ0n) is 6.22. The Morgan fingerprint density at radius 3 is 2.18 bits per heavy atom. The third kappa shape index (κ3) is 4.54. The first kappa shape index (κ1) is 10.2. The Morgan fingerprint density at radius 1 is 1.27 bits per heavy atom. The number of nitrogens with two attached hydrogens (primary N) is 1. The average Bonchev–Trinajstić information content (AvgIpc) is 1.99. The van der Waals surface area contributed by atoms with Crippen LogP contribution in [0.3, 0.4) is 0 Å². The summed E-state index contributed by atoms with van der Waals surface area (Å²) in [7, 11) is 0. The van der Waals surface area contributed by atoms with Gasteiger partial charge in [0.05, 0.1) is 0 Å². The third-order valence-electron chi connectivity index (χ3n) is 1.13. The van der Waals surface area contributed by atoms with Crippen LogP contribution in [0.1, 0.15) is 12.8 Å². The van der Waals surface area contributed by atoms with Crippen molar-refractivity contribution >= 4 is 34.3 Å². The van der Waals surface area contributed by atoms with Gasteiger partial charge in [-0.15, -0.1) is 0 Å². The summed E-state index contributed by atoms with van der Waals surface area (Å²) in [6, 6.07) is 0. The van der Waals surface area contributed by atoms with Crippen LogP contribution < -0.4 is 10.0 Å². The number of rotatable bonds is 4. The summed E-state index contributed by atoms with van der Waals surface area (Å²) in [5.41, 5.74) is 4.66. The molecule has 0 aromatic carbocycles. The second-order valence-electron chi connectivity index (χ2n) is 1.96. The standard InChI is InChI=1S/C5H10GeN2O3/c6-8-4(10)2-1-3(9)5(7)11/h1-2H2,6H3,(H2,7,11)(H,8,10). The number of nitrogens with one attached hydrogen (secondary N) is 1. The summed E-state index contributed by atoms with van der Waals surface area (Å²) < 4.78 is 2.50. The van der Waals surface area contributed by atoms with Crippen LogP contribution in [0.2, 0.25) is 0 Å². The number of amides is 2. The number of carbonyl (C=O) groups is 3. The van der Waals surface area contributed by atoms with E-state index in [0.29, 0.717) is 0 Å². The number of ketones is 1. The number of hydrogen-bond acceptors (Lipinski definition) is 3. The molecule has 0 fully saturated rings. The summed E-state index contributed by atoms with van der Waals surface area (Å²) in [4.78, 5) is 31.2. The summed E-state index contributed by atoms with van der Waals surface area (Å²) in [5, 5.41) is 0. The van der Waals surface area contributed by atoms with Crippen molar-refractivity contribution in [1.29, 1.82) is 0 Å². The van der Waals surface area contributed by atoms with Crippen molar-refractivity contribution in [2.75, 3.05) is 0 Å². The van der Waals surface area contributed by atoms with Gasteiger partial charge in [0.25, 0.3) is 0 Å². The van der Waals surface area contributed by atoms with Gasteiger partial charge in [0.15, 0.2) is 0 Å². The van der Waals surface area contributed by atoms with Crippen molar-refractivity contribution in [2.45, 2.75) is 12.8 Å². The maximum absolute atomic E-state index is 10.6. The van der Waals surface area contributed by atoms with Gasteiger partial charge in [-0.25, -0.2) is 0 Å². The van der Waals surface area contributed by atoms with Crippen molar-refractivity contribution < 1.29 is 14.4 Å². The molecule has 5 nitrogen and oxygen atoms in total. The average molecular weight is 219 g/mol. The minimum atomic E-state index is -0.976. The van der Waals surface area contributed by atoms with E-state index in [4.69, 9.17) is 0 Å². The molecule has 0 rings (SSSR count). The molecule has 0 aromatic rings. The van der Waals surface area contributed by atoms with Gasteiger partial charge in [-0.1, -0.05) is 0 Å². The zero-order chi connectivity index (χ0) is 8.85. The predicted molar refractivity (Wildman–Crippen MR) is 41.5 cm³/mol. The molecule has 0 aromatic heterocycles. The van der Waals surface area contributed by atoms with Crippen LogP contribution in [0.5, 0.6) is 0 Å². The van der Waals surface area contributed by atoms with Gasteiger partial charge in [0, 0.05) is 0 Å². The number of primary amides is 1. The van der Waals surface area contributed by atoms with Gasteiger partial charge < -0.3 is 0 Å². The maximum atomic E-state index is 10.6. The number of hydrogen-bond donors (Lipinski definition) is 2. The van der Waals surface area contributed by atoms with Crippen molar-refractivity contribution in [1.82, 2.24) is 4.27 Å². The SMILES string of the molecule is NC(=O)C(=O)CCC(=O)[NH][GeH3]. The van der Waals surface area contributed by atoms with E-state index in [1.165, 1.54) is 0 Å². The molecule has 62 valence electrons. The molecule has 0 radical (unpaired) electrons. The Balaban J connectivity index is 3.63. The Morgan fingerprint density at radius 2 is 1.82 bits per heavy atom. The normalized spacial score (nSPS) is 9.09. The molecule has 11 heavy (non-hydrogen) atoms. The topological polar surface area (TPSA) is 89.3 Å². The fourth-order valence-electron chi connectivity index (χ4n) is 0.475. The van der Waals surface area contributed by atoms with E-state index in [9.17, 15) is 14.4 Å². The van der Waals surface area contributed by atoms with Crippen LogP contribution in [-0.4, -0.2) is 34.3 Å². The molecule has 3 N–H and O–H groups in total. The van der Waals surface area contributed by atoms with Crippen LogP contribution >= 0.6 is 0 Å². The van der Waals surface area contributed by atoms with E-state index in [2.05, 4.69) is 10.0 Å². The first-order valence-corrected chi connectivity index (χ1v) is 5.21. The molecule has 0 aliphatic carbocycles. The third-order valence-corrected chi connectivity index (χ3v) is 2.30. The molecule has 0 bridgehead atoms. The second kappa shape index (κ2) is 4.89. The Kier molecular flexibility index (Phi) is 4.51. The monoisotopic (exact) mass is 220 g/mol. The molecule has 6 heteroatoms. The van der Waals surface area contributed by atoms with Crippen LogP contribution in [-0.2, 0) is 14.4 Å². The molecule has 0 saturated heterocycles. The van der Waals surface area contributed by atoms with Crippen molar-refractivity contribution in [3.05, 3.63) is 0 Å². The summed E-state index contributed by atoms with van der Waals surface area (Å²) >= 11 is 0.236. The van der Waals surface area contributed by atoms with Gasteiger partial charge in [-0.3, -0.25) is 0 Å². The van der Waals surface area contributed by atoms with E-state index < -0.39 is 11.7 Å². The fourth-order valence-corrected chi connectivity index (χ4v) is 1.000. The number of Topliss-reactive ketones (excluding diaryl/α,β-unsaturated/α-hetero) is 1. The fraction of sp³-hybridized carbons (Fsp3) is 0.400. The molecule has 0 atom stereocenters. The summed E-state index contributed by atoms with van der Waals surface area (Å²) in [6.45, 7) is 0. The van der Waals surface area contributed by atoms with E-state index in [-0.39, 0.29) is 35.5 Å². The molecule has 0 spiro atoms. The van der Waals surface area contributed by atoms with Crippen molar-refractivity contribution in [3.8, 4) is 0 Å². The first-order valence-electron chi connectivity index (χ1n) is 3.11. The quantitative estimate of drug-likeness (QED) is 0.395. The summed E-state index contributed by atoms with van der Waals surface area (Å²) in [6.07, 6.45) is -0.0270. The van der Waals surface area contributed by atoms with Crippen molar-refractivity contribution in [2.24, 2.45) is 5.73 Å². The molecule has 0 aliphatic rings. The van der Waals surface area contributed by atoms with E-state index >= 15 is 0 Å². The van der Waals surface area contributed by atoms with Crippen LogP contribution in [0.15, 0.2) is 0 Å². The molecule has 0 saturated carbocycles. The first-order chi connectivity index (χ1) is 5.07. The zero-order valence-corrected chi connectivity index (χ0v) is 10.4. The molecular formula is C5H10GeN2O3. The van der Waals surface area contributed by atoms with Crippen LogP contribution in [0, 0.1) is 0 Å². The van der Waals surface area contributed by atoms with Crippen LogP contribution in [0.25, 0.3) is 0 Å². The molecule has 0 heterocycles. The Labute approximate surface area is 72.1 Å². The minimum absolute atomic E-state index is 0.0591. The van der Waals surface area contributed by atoms with E-state index in [1.807, 2.05) is 0 Å². The van der Waals surface area contributed by atoms with Gasteiger partial charge >= 0.3 is 71.6 Å². The predicted octanol–water partition coefficient (Wildman–Crippen LogP) is -2.78. The second-order valence-corrected chi connectivity index (χ2v) is 3.01.